The van der Waals surface area contributed by atoms with Crippen LogP contribution in [0.3, 0.4) is 0 Å². The third-order valence-corrected chi connectivity index (χ3v) is 5.71. The average Bonchev–Trinajstić information content (AvgIpc) is 3.17. The number of alkyl halides is 3. The predicted octanol–water partition coefficient (Wildman–Crippen LogP) is 3.96. The zero-order chi connectivity index (χ0) is 18.9. The van der Waals surface area contributed by atoms with Crippen molar-refractivity contribution in [2.24, 2.45) is 0 Å². The van der Waals surface area contributed by atoms with E-state index in [-0.39, 0.29) is 23.4 Å². The highest BCUT2D eigenvalue weighted by molar-refractivity contribution is 7.11. The molecule has 8 heteroatoms. The number of amides is 1. The molecule has 3 rings (SSSR count). The lowest BCUT2D eigenvalue weighted by atomic mass is 10.1. The molecule has 140 valence electrons. The van der Waals surface area contributed by atoms with Crippen molar-refractivity contribution in [3.05, 3.63) is 55.6 Å². The third kappa shape index (κ3) is 4.00. The van der Waals surface area contributed by atoms with Crippen LogP contribution in [0.5, 0.6) is 0 Å². The minimum Gasteiger partial charge on any atom is -0.349 e. The largest absolute Gasteiger partial charge is 0.416 e. The molecule has 4 nitrogen and oxygen atoms in total. The standard InChI is InChI=1S/C18H19F3N2O2S/c1-11-15(16(24)22-14-7-2-3-8-14)26-17(25)23(11)10-12-5-4-6-13(9-12)18(19,20)21/h4-6,9,14H,2-3,7-8,10H2,1H3,(H,22,24). The summed E-state index contributed by atoms with van der Waals surface area (Å²) >= 11 is 0.835. The predicted molar refractivity (Wildman–Crippen MR) is 93.6 cm³/mol. The molecule has 1 aromatic heterocycles. The Bertz CT molecular complexity index is 864. The Morgan fingerprint density at radius 3 is 2.65 bits per heavy atom. The first-order valence-corrected chi connectivity index (χ1v) is 9.24. The lowest BCUT2D eigenvalue weighted by molar-refractivity contribution is -0.137. The van der Waals surface area contributed by atoms with Crippen molar-refractivity contribution >= 4 is 17.2 Å². The van der Waals surface area contributed by atoms with Gasteiger partial charge in [-0.1, -0.05) is 36.3 Å². The average molecular weight is 384 g/mol. The zero-order valence-corrected chi connectivity index (χ0v) is 15.0. The van der Waals surface area contributed by atoms with Gasteiger partial charge in [0.25, 0.3) is 5.91 Å². The topological polar surface area (TPSA) is 51.1 Å². The molecule has 1 saturated carbocycles. The number of hydrogen-bond donors (Lipinski definition) is 1. The first-order chi connectivity index (χ1) is 12.3. The van der Waals surface area contributed by atoms with Crippen LogP contribution in [0.15, 0.2) is 29.1 Å². The first-order valence-electron chi connectivity index (χ1n) is 8.43. The van der Waals surface area contributed by atoms with Crippen LogP contribution in [0, 0.1) is 6.92 Å². The maximum Gasteiger partial charge on any atom is 0.416 e. The maximum atomic E-state index is 12.8. The van der Waals surface area contributed by atoms with Gasteiger partial charge in [-0.2, -0.15) is 13.2 Å². The van der Waals surface area contributed by atoms with Gasteiger partial charge < -0.3 is 5.32 Å². The number of halogens is 3. The number of nitrogens with one attached hydrogen (secondary N) is 1. The molecule has 1 fully saturated rings. The Balaban J connectivity index is 1.82. The summed E-state index contributed by atoms with van der Waals surface area (Å²) in [7, 11) is 0. The molecular formula is C18H19F3N2O2S. The van der Waals surface area contributed by atoms with Crippen LogP contribution in [-0.2, 0) is 12.7 Å². The molecule has 0 aliphatic heterocycles. The van der Waals surface area contributed by atoms with E-state index in [1.165, 1.54) is 16.7 Å². The normalized spacial score (nSPS) is 15.4. The molecule has 0 spiro atoms. The summed E-state index contributed by atoms with van der Waals surface area (Å²) in [6, 6.07) is 5.01. The molecule has 0 saturated heterocycles. The minimum absolute atomic E-state index is 0.00178. The summed E-state index contributed by atoms with van der Waals surface area (Å²) in [6.45, 7) is 1.65. The second-order valence-electron chi connectivity index (χ2n) is 6.52. The fourth-order valence-corrected chi connectivity index (χ4v) is 4.12. The van der Waals surface area contributed by atoms with E-state index in [2.05, 4.69) is 5.32 Å². The van der Waals surface area contributed by atoms with E-state index in [0.29, 0.717) is 16.1 Å². The highest BCUT2D eigenvalue weighted by atomic mass is 32.1. The van der Waals surface area contributed by atoms with E-state index in [4.69, 9.17) is 0 Å². The third-order valence-electron chi connectivity index (χ3n) is 4.63. The van der Waals surface area contributed by atoms with Gasteiger partial charge in [-0.3, -0.25) is 14.2 Å². The fraction of sp³-hybridized carbons (Fsp3) is 0.444. The monoisotopic (exact) mass is 384 g/mol. The van der Waals surface area contributed by atoms with E-state index < -0.39 is 11.7 Å². The summed E-state index contributed by atoms with van der Waals surface area (Å²) in [5, 5.41) is 2.94. The Hall–Kier alpha value is -2.09. The van der Waals surface area contributed by atoms with Gasteiger partial charge in [-0.25, -0.2) is 0 Å². The molecule has 1 heterocycles. The Morgan fingerprint density at radius 1 is 1.31 bits per heavy atom. The lowest BCUT2D eigenvalue weighted by Gasteiger charge is -2.12. The second-order valence-corrected chi connectivity index (χ2v) is 7.48. The van der Waals surface area contributed by atoms with Crippen molar-refractivity contribution in [1.29, 1.82) is 0 Å². The molecule has 1 aromatic carbocycles. The van der Waals surface area contributed by atoms with Gasteiger partial charge in [0.1, 0.15) is 4.88 Å². The van der Waals surface area contributed by atoms with Crippen molar-refractivity contribution in [2.45, 2.75) is 51.4 Å². The van der Waals surface area contributed by atoms with Gasteiger partial charge in [0.2, 0.25) is 0 Å². The van der Waals surface area contributed by atoms with Crippen molar-refractivity contribution in [2.75, 3.05) is 0 Å². The Kier molecular flexibility index (Phi) is 5.22. The quantitative estimate of drug-likeness (QED) is 0.868. The smallest absolute Gasteiger partial charge is 0.349 e. The minimum atomic E-state index is -4.43. The molecule has 26 heavy (non-hydrogen) atoms. The van der Waals surface area contributed by atoms with Crippen LogP contribution in [0.1, 0.15) is 52.2 Å². The van der Waals surface area contributed by atoms with Gasteiger partial charge in [0.05, 0.1) is 12.1 Å². The van der Waals surface area contributed by atoms with Crippen LogP contribution < -0.4 is 10.2 Å². The van der Waals surface area contributed by atoms with Crippen molar-refractivity contribution in [1.82, 2.24) is 9.88 Å². The van der Waals surface area contributed by atoms with Gasteiger partial charge in [0.15, 0.2) is 0 Å². The summed E-state index contributed by atoms with van der Waals surface area (Å²) in [5.41, 5.74) is 0.0913. The maximum absolute atomic E-state index is 12.8. The van der Waals surface area contributed by atoms with Gasteiger partial charge in [0, 0.05) is 11.7 Å². The highest BCUT2D eigenvalue weighted by Gasteiger charge is 2.30. The molecule has 1 amide bonds. The van der Waals surface area contributed by atoms with Crippen molar-refractivity contribution in [3.8, 4) is 0 Å². The number of nitrogens with zero attached hydrogens (tertiary/aromatic N) is 1. The van der Waals surface area contributed by atoms with Gasteiger partial charge in [-0.15, -0.1) is 0 Å². The molecule has 0 atom stereocenters. The van der Waals surface area contributed by atoms with E-state index in [9.17, 15) is 22.8 Å². The van der Waals surface area contributed by atoms with Crippen LogP contribution in [0.25, 0.3) is 0 Å². The van der Waals surface area contributed by atoms with E-state index >= 15 is 0 Å². The second kappa shape index (κ2) is 7.26. The van der Waals surface area contributed by atoms with Gasteiger partial charge >= 0.3 is 11.0 Å². The zero-order valence-electron chi connectivity index (χ0n) is 14.2. The number of benzene rings is 1. The van der Waals surface area contributed by atoms with Crippen LogP contribution in [0.4, 0.5) is 13.2 Å². The molecule has 1 aliphatic carbocycles. The Morgan fingerprint density at radius 2 is 2.00 bits per heavy atom. The molecule has 1 aliphatic rings. The first kappa shape index (κ1) is 18.7. The summed E-state index contributed by atoms with van der Waals surface area (Å²) < 4.78 is 39.9. The molecule has 0 radical (unpaired) electrons. The number of carbonyl (C=O) groups excluding carboxylic acids is 1. The van der Waals surface area contributed by atoms with Crippen LogP contribution in [0.2, 0.25) is 0 Å². The van der Waals surface area contributed by atoms with Crippen LogP contribution in [-0.4, -0.2) is 16.5 Å². The Labute approximate surface area is 152 Å². The lowest BCUT2D eigenvalue weighted by Crippen LogP contribution is -2.32. The summed E-state index contributed by atoms with van der Waals surface area (Å²) in [6.07, 6.45) is -0.403. The number of thiazole rings is 1. The molecule has 0 bridgehead atoms. The van der Waals surface area contributed by atoms with E-state index in [0.717, 1.165) is 49.2 Å². The van der Waals surface area contributed by atoms with Crippen LogP contribution >= 0.6 is 11.3 Å². The van der Waals surface area contributed by atoms with E-state index in [1.807, 2.05) is 0 Å². The number of carbonyl (C=O) groups is 1. The van der Waals surface area contributed by atoms with Crippen molar-refractivity contribution in [3.63, 3.8) is 0 Å². The summed E-state index contributed by atoms with van der Waals surface area (Å²) in [4.78, 5) is 24.7. The molecule has 1 N–H and O–H groups in total. The molecular weight excluding hydrogens is 365 g/mol. The fourth-order valence-electron chi connectivity index (χ4n) is 3.22. The molecule has 2 aromatic rings. The van der Waals surface area contributed by atoms with Crippen molar-refractivity contribution < 1.29 is 18.0 Å². The van der Waals surface area contributed by atoms with E-state index in [1.54, 1.807) is 6.92 Å². The highest BCUT2D eigenvalue weighted by Crippen LogP contribution is 2.29. The summed E-state index contributed by atoms with van der Waals surface area (Å²) in [5.74, 6) is -0.278. The number of hydrogen-bond acceptors (Lipinski definition) is 3. The molecule has 0 unspecified atom stereocenters. The van der Waals surface area contributed by atoms with Gasteiger partial charge in [-0.05, 0) is 37.5 Å². The number of aromatic nitrogens is 1. The SMILES string of the molecule is Cc1c(C(=O)NC2CCCC2)sc(=O)n1Cc1cccc(C(F)(F)F)c1. The number of rotatable bonds is 4.